The fourth-order valence-electron chi connectivity index (χ4n) is 2.87. The second kappa shape index (κ2) is 8.08. The van der Waals surface area contributed by atoms with Crippen LogP contribution in [0, 0.1) is 0 Å². The van der Waals surface area contributed by atoms with Gasteiger partial charge in [0, 0.05) is 30.9 Å². The minimum atomic E-state index is -0.380. The number of benzene rings is 1. The number of rotatable bonds is 5. The van der Waals surface area contributed by atoms with Crippen molar-refractivity contribution in [3.8, 4) is 0 Å². The van der Waals surface area contributed by atoms with Crippen molar-refractivity contribution in [1.82, 2.24) is 10.6 Å². The Hall–Kier alpha value is -2.18. The highest BCUT2D eigenvalue weighted by Crippen LogP contribution is 2.16. The topological polar surface area (TPSA) is 79.5 Å². The number of hydrogen-bond donors (Lipinski definition) is 3. The van der Waals surface area contributed by atoms with E-state index in [9.17, 15) is 9.59 Å². The highest BCUT2D eigenvalue weighted by atomic mass is 16.5. The van der Waals surface area contributed by atoms with Gasteiger partial charge in [0.2, 0.25) is 0 Å². The first-order valence-electron chi connectivity index (χ1n) is 8.42. The van der Waals surface area contributed by atoms with Gasteiger partial charge in [0.1, 0.15) is 6.10 Å². The van der Waals surface area contributed by atoms with Gasteiger partial charge in [-0.05, 0) is 44.0 Å². The second-order valence-corrected chi connectivity index (χ2v) is 6.07. The van der Waals surface area contributed by atoms with Crippen molar-refractivity contribution >= 4 is 17.5 Å². The largest absolute Gasteiger partial charge is 0.368 e. The molecule has 3 N–H and O–H groups in total. The van der Waals surface area contributed by atoms with Crippen molar-refractivity contribution < 1.29 is 14.3 Å². The van der Waals surface area contributed by atoms with E-state index < -0.39 is 0 Å². The van der Waals surface area contributed by atoms with Gasteiger partial charge in [-0.3, -0.25) is 9.59 Å². The molecule has 6 heteroatoms. The number of amides is 2. The van der Waals surface area contributed by atoms with Crippen LogP contribution in [0.2, 0.25) is 0 Å². The normalized spacial score (nSPS) is 20.3. The lowest BCUT2D eigenvalue weighted by Gasteiger charge is -2.15. The van der Waals surface area contributed by atoms with E-state index in [4.69, 9.17) is 4.74 Å². The van der Waals surface area contributed by atoms with Crippen LogP contribution in [0.4, 0.5) is 5.69 Å². The summed E-state index contributed by atoms with van der Waals surface area (Å²) in [5.74, 6) is -0.285. The molecule has 0 radical (unpaired) electrons. The second-order valence-electron chi connectivity index (χ2n) is 6.07. The lowest BCUT2D eigenvalue weighted by molar-refractivity contribution is -0.124. The maximum Gasteiger partial charge on any atom is 0.253 e. The quantitative estimate of drug-likeness (QED) is 0.715. The van der Waals surface area contributed by atoms with Gasteiger partial charge in [-0.2, -0.15) is 0 Å². The van der Waals surface area contributed by atoms with Gasteiger partial charge in [-0.15, -0.1) is 0 Å². The Kier molecular flexibility index (Phi) is 5.61. The molecule has 1 saturated heterocycles. The number of nitrogens with one attached hydrogen (secondary N) is 3. The zero-order valence-corrected chi connectivity index (χ0v) is 13.6. The Bertz CT molecular complexity index is 636. The summed E-state index contributed by atoms with van der Waals surface area (Å²) in [6, 6.07) is 6.98. The summed E-state index contributed by atoms with van der Waals surface area (Å²) in [4.78, 5) is 24.4. The molecule has 0 saturated carbocycles. The predicted octanol–water partition coefficient (Wildman–Crippen LogP) is 1.45. The highest BCUT2D eigenvalue weighted by molar-refractivity contribution is 5.98. The van der Waals surface area contributed by atoms with E-state index in [1.165, 1.54) is 5.57 Å². The van der Waals surface area contributed by atoms with E-state index in [2.05, 4.69) is 22.0 Å². The van der Waals surface area contributed by atoms with Crippen molar-refractivity contribution in [3.05, 3.63) is 41.5 Å². The van der Waals surface area contributed by atoms with Crippen LogP contribution >= 0.6 is 0 Å². The zero-order chi connectivity index (χ0) is 16.8. The van der Waals surface area contributed by atoms with Gasteiger partial charge in [-0.25, -0.2) is 0 Å². The minimum Gasteiger partial charge on any atom is -0.368 e. The minimum absolute atomic E-state index is 0.136. The molecule has 0 aromatic heterocycles. The number of carbonyl (C=O) groups is 2. The molecular weight excluding hydrogens is 306 g/mol. The molecule has 0 aliphatic carbocycles. The van der Waals surface area contributed by atoms with Crippen molar-refractivity contribution in [1.29, 1.82) is 0 Å². The number of ether oxygens (including phenoxy) is 1. The summed E-state index contributed by atoms with van der Waals surface area (Å²) in [6.07, 6.45) is 4.34. The molecule has 1 unspecified atom stereocenters. The van der Waals surface area contributed by atoms with E-state index in [1.54, 1.807) is 24.3 Å². The van der Waals surface area contributed by atoms with Crippen LogP contribution in [-0.2, 0) is 9.53 Å². The molecule has 2 heterocycles. The van der Waals surface area contributed by atoms with E-state index in [0.29, 0.717) is 24.4 Å². The van der Waals surface area contributed by atoms with Crippen LogP contribution in [0.25, 0.3) is 0 Å². The molecule has 0 bridgehead atoms. The Labute approximate surface area is 141 Å². The average molecular weight is 329 g/mol. The summed E-state index contributed by atoms with van der Waals surface area (Å²) in [5.41, 5.74) is 2.39. The zero-order valence-electron chi connectivity index (χ0n) is 13.6. The van der Waals surface area contributed by atoms with Crippen LogP contribution in [0.15, 0.2) is 35.9 Å². The van der Waals surface area contributed by atoms with E-state index >= 15 is 0 Å². The molecule has 1 aromatic carbocycles. The number of carbonyl (C=O) groups excluding carboxylic acids is 2. The predicted molar refractivity (Wildman–Crippen MR) is 91.9 cm³/mol. The molecule has 6 nitrogen and oxygen atoms in total. The van der Waals surface area contributed by atoms with Crippen molar-refractivity contribution in [2.45, 2.75) is 25.4 Å². The van der Waals surface area contributed by atoms with Gasteiger partial charge in [0.05, 0.1) is 0 Å². The van der Waals surface area contributed by atoms with Crippen LogP contribution in [0.1, 0.15) is 29.6 Å². The Morgan fingerprint density at radius 3 is 3.00 bits per heavy atom. The van der Waals surface area contributed by atoms with Crippen molar-refractivity contribution in [2.24, 2.45) is 0 Å². The van der Waals surface area contributed by atoms with E-state index in [0.717, 1.165) is 32.4 Å². The molecule has 128 valence electrons. The van der Waals surface area contributed by atoms with E-state index in [-0.39, 0.29) is 17.9 Å². The lowest BCUT2D eigenvalue weighted by atomic mass is 10.1. The van der Waals surface area contributed by atoms with Gasteiger partial charge in [0.25, 0.3) is 11.8 Å². The fourth-order valence-corrected chi connectivity index (χ4v) is 2.87. The maximum absolute atomic E-state index is 12.3. The Morgan fingerprint density at radius 2 is 2.25 bits per heavy atom. The van der Waals surface area contributed by atoms with Crippen molar-refractivity contribution in [2.75, 3.05) is 31.6 Å². The standard InChI is InChI=1S/C18H23N3O3/c22-17(20-12-13-6-8-19-9-7-13)14-3-1-4-15(11-14)21-18(23)16-5-2-10-24-16/h1,3-4,6,11,16,19H,2,5,7-10,12H2,(H,20,22)(H,21,23). The van der Waals surface area contributed by atoms with Crippen molar-refractivity contribution in [3.63, 3.8) is 0 Å². The van der Waals surface area contributed by atoms with E-state index in [1.807, 2.05) is 0 Å². The number of anilines is 1. The molecule has 24 heavy (non-hydrogen) atoms. The third kappa shape index (κ3) is 4.43. The van der Waals surface area contributed by atoms with Gasteiger partial charge < -0.3 is 20.7 Å². The van der Waals surface area contributed by atoms with Crippen LogP contribution < -0.4 is 16.0 Å². The molecule has 1 fully saturated rings. The molecule has 0 spiro atoms. The van der Waals surface area contributed by atoms with Gasteiger partial charge >= 0.3 is 0 Å². The summed E-state index contributed by atoms with van der Waals surface area (Å²) >= 11 is 0. The first kappa shape index (κ1) is 16.7. The molecule has 2 aliphatic rings. The van der Waals surface area contributed by atoms with Gasteiger partial charge in [0.15, 0.2) is 0 Å². The third-order valence-corrected chi connectivity index (χ3v) is 4.25. The summed E-state index contributed by atoms with van der Waals surface area (Å²) in [5, 5.41) is 9.00. The molecule has 1 aromatic rings. The molecular formula is C18H23N3O3. The average Bonchev–Trinajstić information content (AvgIpc) is 3.15. The third-order valence-electron chi connectivity index (χ3n) is 4.25. The first-order valence-corrected chi connectivity index (χ1v) is 8.42. The molecule has 2 aliphatic heterocycles. The fraction of sp³-hybridized carbons (Fsp3) is 0.444. The first-order chi connectivity index (χ1) is 11.7. The molecule has 1 atom stereocenters. The molecule has 3 rings (SSSR count). The maximum atomic E-state index is 12.3. The summed E-state index contributed by atoms with van der Waals surface area (Å²) < 4.78 is 5.37. The summed E-state index contributed by atoms with van der Waals surface area (Å²) in [7, 11) is 0. The number of hydrogen-bond acceptors (Lipinski definition) is 4. The monoisotopic (exact) mass is 329 g/mol. The molecule has 2 amide bonds. The Balaban J connectivity index is 1.56. The summed E-state index contributed by atoms with van der Waals surface area (Å²) in [6.45, 7) is 3.00. The smallest absolute Gasteiger partial charge is 0.253 e. The SMILES string of the molecule is O=C(NCC1=CCNCC1)c1cccc(NC(=O)C2CCCO2)c1. The van der Waals surface area contributed by atoms with Crippen LogP contribution in [-0.4, -0.2) is 44.2 Å². The van der Waals surface area contributed by atoms with Crippen LogP contribution in [0.3, 0.4) is 0 Å². The Morgan fingerprint density at radius 1 is 1.33 bits per heavy atom. The van der Waals surface area contributed by atoms with Crippen LogP contribution in [0.5, 0.6) is 0 Å². The highest BCUT2D eigenvalue weighted by Gasteiger charge is 2.23. The lowest BCUT2D eigenvalue weighted by Crippen LogP contribution is -2.30. The van der Waals surface area contributed by atoms with Gasteiger partial charge in [-0.1, -0.05) is 17.7 Å².